The number of hydrogen-bond donors (Lipinski definition) is 2. The number of carbonyl (C=O) groups excluding carboxylic acids is 2. The lowest BCUT2D eigenvalue weighted by Gasteiger charge is -2.21. The number of amides is 2. The smallest absolute Gasteiger partial charge is 0.411 e. The van der Waals surface area contributed by atoms with Crippen molar-refractivity contribution < 1.29 is 24.2 Å². The molecule has 0 aliphatic heterocycles. The van der Waals surface area contributed by atoms with Crippen molar-refractivity contribution in [1.29, 1.82) is 0 Å². The molecule has 0 saturated carbocycles. The number of rotatable bonds is 6. The summed E-state index contributed by atoms with van der Waals surface area (Å²) in [6.45, 7) is 1.64. The van der Waals surface area contributed by atoms with Gasteiger partial charge in [-0.1, -0.05) is 48.5 Å². The molecule has 1 aliphatic rings. The van der Waals surface area contributed by atoms with Crippen molar-refractivity contribution in [2.24, 2.45) is 0 Å². The van der Waals surface area contributed by atoms with Crippen molar-refractivity contribution in [3.8, 4) is 11.1 Å². The van der Waals surface area contributed by atoms with Gasteiger partial charge in [-0.25, -0.2) is 9.59 Å². The number of likely N-dealkylation sites (N-methyl/N-ethyl adjacent to an activating group) is 1. The number of ether oxygens (including phenoxy) is 1. The first-order chi connectivity index (χ1) is 15.9. The van der Waals surface area contributed by atoms with Gasteiger partial charge in [0.15, 0.2) is 0 Å². The van der Waals surface area contributed by atoms with Gasteiger partial charge in [-0.3, -0.25) is 10.1 Å². The van der Waals surface area contributed by atoms with E-state index >= 15 is 0 Å². The van der Waals surface area contributed by atoms with Crippen LogP contribution in [0.2, 0.25) is 0 Å². The van der Waals surface area contributed by atoms with Crippen molar-refractivity contribution in [1.82, 2.24) is 4.90 Å². The summed E-state index contributed by atoms with van der Waals surface area (Å²) in [5, 5.41) is 11.7. The number of fused-ring (bicyclic) bond motifs is 3. The molecule has 0 radical (unpaired) electrons. The van der Waals surface area contributed by atoms with Crippen molar-refractivity contribution in [3.63, 3.8) is 0 Å². The summed E-state index contributed by atoms with van der Waals surface area (Å²) in [5.41, 5.74) is 5.37. The highest BCUT2D eigenvalue weighted by Gasteiger charge is 2.29. The summed E-state index contributed by atoms with van der Waals surface area (Å²) in [6, 6.07) is 21.5. The third-order valence-corrected chi connectivity index (χ3v) is 5.98. The number of hydrogen-bond acceptors (Lipinski definition) is 4. The standard InChI is InChI=1S/C26H24N2O5/c1-16(25(30)31)28(2)24(29)17-11-13-18(14-12-17)27-26(32)33-15-23-21-9-5-3-7-19(21)20-8-4-6-10-22(20)23/h3-14,16,23H,15H2,1-2H3,(H,27,32)(H,30,31). The van der Waals surface area contributed by atoms with Crippen LogP contribution in [0, 0.1) is 0 Å². The van der Waals surface area contributed by atoms with E-state index in [1.54, 1.807) is 12.1 Å². The highest BCUT2D eigenvalue weighted by molar-refractivity contribution is 5.97. The lowest BCUT2D eigenvalue weighted by atomic mass is 9.98. The molecule has 3 aromatic carbocycles. The van der Waals surface area contributed by atoms with Gasteiger partial charge in [0.25, 0.3) is 5.91 Å². The number of carbonyl (C=O) groups is 3. The Balaban J connectivity index is 1.38. The van der Waals surface area contributed by atoms with Gasteiger partial charge in [-0.2, -0.15) is 0 Å². The predicted molar refractivity (Wildman–Crippen MR) is 124 cm³/mol. The Hall–Kier alpha value is -4.13. The van der Waals surface area contributed by atoms with Gasteiger partial charge in [0.1, 0.15) is 12.6 Å². The van der Waals surface area contributed by atoms with Crippen LogP contribution in [0.5, 0.6) is 0 Å². The molecule has 0 aromatic heterocycles. The van der Waals surface area contributed by atoms with E-state index in [1.807, 2.05) is 24.3 Å². The zero-order chi connectivity index (χ0) is 23.5. The van der Waals surface area contributed by atoms with E-state index in [9.17, 15) is 14.4 Å². The van der Waals surface area contributed by atoms with Crippen molar-refractivity contribution >= 4 is 23.7 Å². The number of nitrogens with zero attached hydrogens (tertiary/aromatic N) is 1. The van der Waals surface area contributed by atoms with E-state index in [4.69, 9.17) is 9.84 Å². The van der Waals surface area contributed by atoms with E-state index in [0.29, 0.717) is 11.3 Å². The minimum absolute atomic E-state index is 0.0325. The lowest BCUT2D eigenvalue weighted by Crippen LogP contribution is -2.40. The van der Waals surface area contributed by atoms with Crippen LogP contribution in [-0.4, -0.2) is 47.7 Å². The third kappa shape index (κ3) is 4.43. The molecule has 3 aromatic rings. The molecule has 4 rings (SSSR count). The van der Waals surface area contributed by atoms with Crippen LogP contribution in [0.3, 0.4) is 0 Å². The monoisotopic (exact) mass is 444 g/mol. The van der Waals surface area contributed by atoms with Gasteiger partial charge in [-0.05, 0) is 53.4 Å². The summed E-state index contributed by atoms with van der Waals surface area (Å²) >= 11 is 0. The molecule has 0 bridgehead atoms. The first-order valence-electron chi connectivity index (χ1n) is 10.6. The van der Waals surface area contributed by atoms with Gasteiger partial charge in [0, 0.05) is 24.2 Å². The number of carboxylic acid groups (broad SMARTS) is 1. The van der Waals surface area contributed by atoms with Crippen LogP contribution in [0.1, 0.15) is 34.3 Å². The maximum atomic E-state index is 12.4. The summed E-state index contributed by atoms with van der Waals surface area (Å²) in [6.07, 6.45) is -0.590. The molecule has 0 fully saturated rings. The second-order valence-corrected chi connectivity index (χ2v) is 7.96. The fourth-order valence-electron chi connectivity index (χ4n) is 3.99. The Morgan fingerprint density at radius 1 is 0.939 bits per heavy atom. The Labute approximate surface area is 191 Å². The molecular weight excluding hydrogens is 420 g/mol. The molecule has 7 nitrogen and oxygen atoms in total. The maximum Gasteiger partial charge on any atom is 0.411 e. The van der Waals surface area contributed by atoms with Crippen LogP contribution in [0.15, 0.2) is 72.8 Å². The zero-order valence-corrected chi connectivity index (χ0v) is 18.3. The zero-order valence-electron chi connectivity index (χ0n) is 18.3. The quantitative estimate of drug-likeness (QED) is 0.580. The lowest BCUT2D eigenvalue weighted by molar-refractivity contribution is -0.141. The fraction of sp³-hybridized carbons (Fsp3) is 0.192. The van der Waals surface area contributed by atoms with Gasteiger partial charge >= 0.3 is 12.1 Å². The maximum absolute atomic E-state index is 12.4. The summed E-state index contributed by atoms with van der Waals surface area (Å²) < 4.78 is 5.53. The minimum atomic E-state index is -1.08. The van der Waals surface area contributed by atoms with E-state index in [1.165, 1.54) is 26.1 Å². The van der Waals surface area contributed by atoms with E-state index in [-0.39, 0.29) is 12.5 Å². The average Bonchev–Trinajstić information content (AvgIpc) is 3.15. The molecule has 1 unspecified atom stereocenters. The molecule has 0 spiro atoms. The normalized spacial score (nSPS) is 12.9. The predicted octanol–water partition coefficient (Wildman–Crippen LogP) is 4.59. The number of benzene rings is 3. The third-order valence-electron chi connectivity index (χ3n) is 5.98. The van der Waals surface area contributed by atoms with E-state index in [0.717, 1.165) is 27.2 Å². The van der Waals surface area contributed by atoms with E-state index in [2.05, 4.69) is 29.6 Å². The Bertz CT molecular complexity index is 1160. The molecular formula is C26H24N2O5. The molecule has 0 saturated heterocycles. The van der Waals surface area contributed by atoms with Gasteiger partial charge in [0.05, 0.1) is 0 Å². The largest absolute Gasteiger partial charge is 0.480 e. The molecule has 7 heteroatoms. The second kappa shape index (κ2) is 9.16. The Morgan fingerprint density at radius 3 is 2.03 bits per heavy atom. The summed E-state index contributed by atoms with van der Waals surface area (Å²) in [4.78, 5) is 37.1. The molecule has 2 amide bonds. The van der Waals surface area contributed by atoms with Gasteiger partial charge in [-0.15, -0.1) is 0 Å². The van der Waals surface area contributed by atoms with Crippen LogP contribution in [0.4, 0.5) is 10.5 Å². The van der Waals surface area contributed by atoms with Crippen molar-refractivity contribution in [2.75, 3.05) is 19.0 Å². The Morgan fingerprint density at radius 2 is 1.48 bits per heavy atom. The fourth-order valence-corrected chi connectivity index (χ4v) is 3.99. The molecule has 1 aliphatic carbocycles. The molecule has 2 N–H and O–H groups in total. The van der Waals surface area contributed by atoms with Crippen LogP contribution < -0.4 is 5.32 Å². The van der Waals surface area contributed by atoms with Crippen LogP contribution in [0.25, 0.3) is 11.1 Å². The highest BCUT2D eigenvalue weighted by atomic mass is 16.5. The van der Waals surface area contributed by atoms with Crippen LogP contribution in [-0.2, 0) is 9.53 Å². The highest BCUT2D eigenvalue weighted by Crippen LogP contribution is 2.44. The molecule has 33 heavy (non-hydrogen) atoms. The topological polar surface area (TPSA) is 95.9 Å². The SMILES string of the molecule is CC(C(=O)O)N(C)C(=O)c1ccc(NC(=O)OCC2c3ccccc3-c3ccccc32)cc1. The van der Waals surface area contributed by atoms with Crippen molar-refractivity contribution in [3.05, 3.63) is 89.5 Å². The Kier molecular flexibility index (Phi) is 6.13. The first kappa shape index (κ1) is 22.1. The van der Waals surface area contributed by atoms with E-state index < -0.39 is 24.0 Å². The number of aliphatic carboxylic acids is 1. The van der Waals surface area contributed by atoms with Gasteiger partial charge in [0.2, 0.25) is 0 Å². The molecule has 1 atom stereocenters. The number of carboxylic acids is 1. The summed E-state index contributed by atoms with van der Waals surface area (Å²) in [7, 11) is 1.43. The second-order valence-electron chi connectivity index (χ2n) is 7.96. The molecule has 0 heterocycles. The molecule has 168 valence electrons. The number of nitrogens with one attached hydrogen (secondary N) is 1. The van der Waals surface area contributed by atoms with Gasteiger partial charge < -0.3 is 14.7 Å². The average molecular weight is 444 g/mol. The van der Waals surface area contributed by atoms with Crippen molar-refractivity contribution in [2.45, 2.75) is 18.9 Å². The minimum Gasteiger partial charge on any atom is -0.480 e. The van der Waals surface area contributed by atoms with Crippen LogP contribution >= 0.6 is 0 Å². The number of anilines is 1. The first-order valence-corrected chi connectivity index (χ1v) is 10.6. The summed E-state index contributed by atoms with van der Waals surface area (Å²) in [5.74, 6) is -1.54.